The van der Waals surface area contributed by atoms with E-state index >= 15 is 0 Å². The van der Waals surface area contributed by atoms with Crippen LogP contribution in [-0.4, -0.2) is 30.2 Å². The summed E-state index contributed by atoms with van der Waals surface area (Å²) < 4.78 is 0. The molecular weight excluding hydrogens is 280 g/mol. The van der Waals surface area contributed by atoms with Gasteiger partial charge < -0.3 is 9.80 Å². The second kappa shape index (κ2) is 6.89. The molecule has 116 valence electrons. The first-order valence-corrected chi connectivity index (χ1v) is 7.16. The molecule has 1 aromatic carbocycles. The van der Waals surface area contributed by atoms with Gasteiger partial charge in [-0.25, -0.2) is 4.98 Å². The van der Waals surface area contributed by atoms with Gasteiger partial charge in [0, 0.05) is 32.0 Å². The summed E-state index contributed by atoms with van der Waals surface area (Å²) >= 11 is 0. The fourth-order valence-electron chi connectivity index (χ4n) is 2.59. The van der Waals surface area contributed by atoms with Crippen molar-refractivity contribution in [1.29, 1.82) is 0 Å². The van der Waals surface area contributed by atoms with Gasteiger partial charge in [-0.3, -0.25) is 10.1 Å². The molecule has 0 aliphatic heterocycles. The molecule has 0 radical (unpaired) electrons. The summed E-state index contributed by atoms with van der Waals surface area (Å²) in [6.45, 7) is 2.05. The molecule has 1 heterocycles. The van der Waals surface area contributed by atoms with Gasteiger partial charge in [0.25, 0.3) is 0 Å². The molecule has 6 nitrogen and oxygen atoms in total. The Bertz CT molecular complexity index is 633. The molecule has 0 saturated heterocycles. The number of pyridine rings is 1. The molecule has 0 aliphatic carbocycles. The minimum atomic E-state index is -0.395. The van der Waals surface area contributed by atoms with Gasteiger partial charge in [-0.1, -0.05) is 25.1 Å². The van der Waals surface area contributed by atoms with Gasteiger partial charge in [-0.15, -0.1) is 0 Å². The van der Waals surface area contributed by atoms with E-state index in [1.807, 2.05) is 49.3 Å². The van der Waals surface area contributed by atoms with Crippen molar-refractivity contribution in [1.82, 2.24) is 4.98 Å². The van der Waals surface area contributed by atoms with Crippen molar-refractivity contribution >= 4 is 17.2 Å². The molecule has 0 bridgehead atoms. The first-order valence-electron chi connectivity index (χ1n) is 7.16. The highest BCUT2D eigenvalue weighted by Crippen LogP contribution is 2.28. The van der Waals surface area contributed by atoms with Crippen LogP contribution in [-0.2, 0) is 0 Å². The number of nitrogens with zero attached hydrogens (tertiary/aromatic N) is 4. The second-order valence-electron chi connectivity index (χ2n) is 5.05. The molecule has 22 heavy (non-hydrogen) atoms. The van der Waals surface area contributed by atoms with E-state index in [4.69, 9.17) is 0 Å². The molecule has 0 aliphatic rings. The first kappa shape index (κ1) is 15.8. The number of nitro groups is 1. The Morgan fingerprint density at radius 2 is 1.82 bits per heavy atom. The Morgan fingerprint density at radius 1 is 1.14 bits per heavy atom. The van der Waals surface area contributed by atoms with E-state index in [0.717, 1.165) is 12.1 Å². The van der Waals surface area contributed by atoms with Gasteiger partial charge in [-0.2, -0.15) is 0 Å². The smallest absolute Gasteiger partial charge is 0.311 e. The summed E-state index contributed by atoms with van der Waals surface area (Å²) in [4.78, 5) is 19.0. The van der Waals surface area contributed by atoms with Crippen LogP contribution in [0.4, 0.5) is 17.2 Å². The molecule has 1 aromatic heterocycles. The number of hydrogen-bond acceptors (Lipinski definition) is 5. The van der Waals surface area contributed by atoms with Gasteiger partial charge in [0.15, 0.2) is 0 Å². The lowest BCUT2D eigenvalue weighted by atomic mass is 10.2. The van der Waals surface area contributed by atoms with Gasteiger partial charge in [-0.05, 0) is 24.6 Å². The minimum absolute atomic E-state index is 0.0184. The Kier molecular flexibility index (Phi) is 4.93. The van der Waals surface area contributed by atoms with Gasteiger partial charge in [0.05, 0.1) is 4.92 Å². The topological polar surface area (TPSA) is 62.5 Å². The fraction of sp³-hybridized carbons (Fsp3) is 0.312. The maximum atomic E-state index is 11.2. The molecule has 0 fully saturated rings. The van der Waals surface area contributed by atoms with E-state index < -0.39 is 4.92 Å². The summed E-state index contributed by atoms with van der Waals surface area (Å²) in [6, 6.07) is 13.0. The van der Waals surface area contributed by atoms with Gasteiger partial charge >= 0.3 is 5.69 Å². The van der Waals surface area contributed by atoms with Crippen LogP contribution >= 0.6 is 0 Å². The third-order valence-electron chi connectivity index (χ3n) is 3.72. The predicted molar refractivity (Wildman–Crippen MR) is 88.2 cm³/mol. The van der Waals surface area contributed by atoms with Crippen LogP contribution in [0.5, 0.6) is 0 Å². The average molecular weight is 300 g/mol. The Morgan fingerprint density at radius 3 is 2.41 bits per heavy atom. The van der Waals surface area contributed by atoms with Crippen LogP contribution in [0.25, 0.3) is 0 Å². The monoisotopic (exact) mass is 300 g/mol. The van der Waals surface area contributed by atoms with Crippen LogP contribution in [0.3, 0.4) is 0 Å². The predicted octanol–water partition coefficient (Wildman–Crippen LogP) is 3.30. The molecule has 0 N–H and O–H groups in total. The molecule has 2 aromatic rings. The van der Waals surface area contributed by atoms with Crippen molar-refractivity contribution in [2.45, 2.75) is 19.5 Å². The van der Waals surface area contributed by atoms with Gasteiger partial charge in [0.1, 0.15) is 6.17 Å². The molecule has 0 amide bonds. The van der Waals surface area contributed by atoms with E-state index in [9.17, 15) is 10.1 Å². The molecule has 0 spiro atoms. The standard InChI is InChI=1S/C16H20N4O2/c1-4-15(18(2)13-9-6-5-7-10-13)19(3)16-14(20(21)22)11-8-12-17-16/h5-12,15H,4H2,1-3H3. The molecule has 0 saturated carbocycles. The van der Waals surface area contributed by atoms with E-state index in [0.29, 0.717) is 5.82 Å². The number of hydrogen-bond donors (Lipinski definition) is 0. The minimum Gasteiger partial charge on any atom is -0.354 e. The van der Waals surface area contributed by atoms with Gasteiger partial charge in [0.2, 0.25) is 5.82 Å². The van der Waals surface area contributed by atoms with E-state index in [1.54, 1.807) is 12.3 Å². The first-order chi connectivity index (χ1) is 10.6. The zero-order chi connectivity index (χ0) is 16.1. The number of benzene rings is 1. The SMILES string of the molecule is CCC(N(C)c1ccccc1)N(C)c1ncccc1[N+](=O)[O-]. The maximum absolute atomic E-state index is 11.2. The summed E-state index contributed by atoms with van der Waals surface area (Å²) in [5, 5.41) is 11.2. The van der Waals surface area contributed by atoms with Crippen LogP contribution in [0.1, 0.15) is 13.3 Å². The summed E-state index contributed by atoms with van der Waals surface area (Å²) in [6.07, 6.45) is 2.35. The maximum Gasteiger partial charge on any atom is 0.311 e. The quantitative estimate of drug-likeness (QED) is 0.465. The lowest BCUT2D eigenvalue weighted by Crippen LogP contribution is -2.45. The molecule has 6 heteroatoms. The van der Waals surface area contributed by atoms with E-state index in [1.165, 1.54) is 6.07 Å². The van der Waals surface area contributed by atoms with Crippen LogP contribution in [0.2, 0.25) is 0 Å². The largest absolute Gasteiger partial charge is 0.354 e. The number of aromatic nitrogens is 1. The Hall–Kier alpha value is -2.63. The summed E-state index contributed by atoms with van der Waals surface area (Å²) in [5.41, 5.74) is 1.07. The van der Waals surface area contributed by atoms with Crippen molar-refractivity contribution in [3.8, 4) is 0 Å². The number of para-hydroxylation sites is 1. The lowest BCUT2D eigenvalue weighted by molar-refractivity contribution is -0.384. The lowest BCUT2D eigenvalue weighted by Gasteiger charge is -2.36. The summed E-state index contributed by atoms with van der Waals surface area (Å²) in [5.74, 6) is 0.377. The van der Waals surface area contributed by atoms with Crippen LogP contribution in [0.15, 0.2) is 48.7 Å². The van der Waals surface area contributed by atoms with E-state index in [2.05, 4.69) is 16.8 Å². The van der Waals surface area contributed by atoms with Crippen LogP contribution in [0, 0.1) is 10.1 Å². The number of rotatable bonds is 6. The highest BCUT2D eigenvalue weighted by atomic mass is 16.6. The molecule has 1 unspecified atom stereocenters. The third kappa shape index (κ3) is 3.16. The number of anilines is 2. The third-order valence-corrected chi connectivity index (χ3v) is 3.72. The molecule has 1 atom stereocenters. The van der Waals surface area contributed by atoms with Crippen LogP contribution < -0.4 is 9.80 Å². The summed E-state index contributed by atoms with van der Waals surface area (Å²) in [7, 11) is 3.82. The van der Waals surface area contributed by atoms with Crippen molar-refractivity contribution < 1.29 is 4.92 Å². The fourth-order valence-corrected chi connectivity index (χ4v) is 2.59. The van der Waals surface area contributed by atoms with Crippen molar-refractivity contribution in [2.24, 2.45) is 0 Å². The Labute approximate surface area is 130 Å². The average Bonchev–Trinajstić information content (AvgIpc) is 2.56. The Balaban J connectivity index is 2.33. The zero-order valence-electron chi connectivity index (χ0n) is 13.0. The van der Waals surface area contributed by atoms with Crippen molar-refractivity contribution in [3.63, 3.8) is 0 Å². The van der Waals surface area contributed by atoms with E-state index in [-0.39, 0.29) is 11.9 Å². The molecule has 2 rings (SSSR count). The second-order valence-corrected chi connectivity index (χ2v) is 5.05. The molecular formula is C16H20N4O2. The highest BCUT2D eigenvalue weighted by Gasteiger charge is 2.25. The van der Waals surface area contributed by atoms with Crippen molar-refractivity contribution in [2.75, 3.05) is 23.9 Å². The normalized spacial score (nSPS) is 11.8. The zero-order valence-corrected chi connectivity index (χ0v) is 13.0. The highest BCUT2D eigenvalue weighted by molar-refractivity contribution is 5.59. The van der Waals surface area contributed by atoms with Crippen molar-refractivity contribution in [3.05, 3.63) is 58.8 Å².